The highest BCUT2D eigenvalue weighted by atomic mass is 32.1. The molecule has 20 heavy (non-hydrogen) atoms. The standard InChI is InChI=1S/C15H17N3OS/c1-19-12-6-3-5-11(9-12)16-15(20)18-17-14-8-10-4-2-7-13(10)14/h2-3,5-7,9-10,13H,4,8H2,1H3,(H2,16,18,20)/b17-14+. The molecule has 0 aromatic heterocycles. The normalized spacial score (nSPS) is 24.9. The van der Waals surface area contributed by atoms with Gasteiger partial charge in [0.05, 0.1) is 7.11 Å². The Hall–Kier alpha value is -1.88. The number of anilines is 1. The number of methoxy groups -OCH3 is 1. The highest BCUT2D eigenvalue weighted by molar-refractivity contribution is 7.80. The molecule has 0 amide bonds. The maximum atomic E-state index is 5.24. The summed E-state index contributed by atoms with van der Waals surface area (Å²) in [7, 11) is 1.64. The van der Waals surface area contributed by atoms with Crippen molar-refractivity contribution in [1.29, 1.82) is 0 Å². The van der Waals surface area contributed by atoms with Crippen molar-refractivity contribution in [3.63, 3.8) is 0 Å². The molecule has 3 rings (SSSR count). The van der Waals surface area contributed by atoms with Crippen LogP contribution in [0.5, 0.6) is 5.75 Å². The van der Waals surface area contributed by atoms with E-state index in [1.807, 2.05) is 24.3 Å². The minimum atomic E-state index is 0.496. The molecule has 1 saturated carbocycles. The Kier molecular flexibility index (Phi) is 3.69. The van der Waals surface area contributed by atoms with Gasteiger partial charge in [0.2, 0.25) is 0 Å². The number of allylic oxidation sites excluding steroid dienone is 2. The van der Waals surface area contributed by atoms with Gasteiger partial charge < -0.3 is 10.1 Å². The van der Waals surface area contributed by atoms with E-state index >= 15 is 0 Å². The van der Waals surface area contributed by atoms with E-state index in [1.165, 1.54) is 12.1 Å². The van der Waals surface area contributed by atoms with Gasteiger partial charge in [0.15, 0.2) is 5.11 Å². The lowest BCUT2D eigenvalue weighted by Crippen LogP contribution is -2.36. The molecule has 2 aliphatic carbocycles. The Morgan fingerprint density at radius 2 is 2.35 bits per heavy atom. The second-order valence-electron chi connectivity index (χ2n) is 5.05. The molecule has 0 spiro atoms. The van der Waals surface area contributed by atoms with E-state index in [9.17, 15) is 0 Å². The largest absolute Gasteiger partial charge is 0.497 e. The van der Waals surface area contributed by atoms with Crippen molar-refractivity contribution < 1.29 is 4.74 Å². The van der Waals surface area contributed by atoms with Gasteiger partial charge in [-0.25, -0.2) is 0 Å². The van der Waals surface area contributed by atoms with Crippen LogP contribution in [0.4, 0.5) is 5.69 Å². The van der Waals surface area contributed by atoms with Crippen molar-refractivity contribution >= 4 is 28.7 Å². The van der Waals surface area contributed by atoms with Gasteiger partial charge in [0, 0.05) is 23.4 Å². The molecule has 0 bridgehead atoms. The number of nitrogens with one attached hydrogen (secondary N) is 2. The molecule has 1 fully saturated rings. The van der Waals surface area contributed by atoms with Crippen LogP contribution in [-0.2, 0) is 0 Å². The van der Waals surface area contributed by atoms with Crippen LogP contribution in [0.15, 0.2) is 41.5 Å². The monoisotopic (exact) mass is 287 g/mol. The molecule has 0 aliphatic heterocycles. The SMILES string of the molecule is COc1cccc(NC(=S)N/N=C2\CC3CC=CC23)c1. The van der Waals surface area contributed by atoms with Gasteiger partial charge in [-0.05, 0) is 43.1 Å². The maximum Gasteiger partial charge on any atom is 0.191 e. The molecule has 2 N–H and O–H groups in total. The van der Waals surface area contributed by atoms with E-state index in [0.29, 0.717) is 11.0 Å². The van der Waals surface area contributed by atoms with E-state index in [-0.39, 0.29) is 0 Å². The highest BCUT2D eigenvalue weighted by Crippen LogP contribution is 2.40. The van der Waals surface area contributed by atoms with Crippen LogP contribution in [0, 0.1) is 11.8 Å². The van der Waals surface area contributed by atoms with Crippen LogP contribution < -0.4 is 15.5 Å². The summed E-state index contributed by atoms with van der Waals surface area (Å²) in [4.78, 5) is 0. The lowest BCUT2D eigenvalue weighted by Gasteiger charge is -2.31. The van der Waals surface area contributed by atoms with E-state index in [2.05, 4.69) is 28.0 Å². The Labute approximate surface area is 123 Å². The summed E-state index contributed by atoms with van der Waals surface area (Å²) in [5.41, 5.74) is 4.99. The predicted molar refractivity (Wildman–Crippen MR) is 85.1 cm³/mol. The van der Waals surface area contributed by atoms with Crippen LogP contribution in [0.2, 0.25) is 0 Å². The number of thiocarbonyl (C=S) groups is 1. The first-order valence-electron chi connectivity index (χ1n) is 6.70. The smallest absolute Gasteiger partial charge is 0.191 e. The van der Waals surface area contributed by atoms with Crippen molar-refractivity contribution in [1.82, 2.24) is 5.43 Å². The zero-order chi connectivity index (χ0) is 13.9. The number of fused-ring (bicyclic) bond motifs is 1. The number of benzene rings is 1. The predicted octanol–water partition coefficient (Wildman–Crippen LogP) is 2.93. The number of hydrogen-bond donors (Lipinski definition) is 2. The minimum absolute atomic E-state index is 0.496. The molecule has 0 heterocycles. The first kappa shape index (κ1) is 13.1. The first-order chi connectivity index (χ1) is 9.76. The Morgan fingerprint density at radius 1 is 1.45 bits per heavy atom. The molecule has 104 valence electrons. The number of rotatable bonds is 3. The Bertz CT molecular complexity index is 582. The summed E-state index contributed by atoms with van der Waals surface area (Å²) < 4.78 is 5.17. The molecular formula is C15H17N3OS. The van der Waals surface area contributed by atoms with Gasteiger partial charge in [-0.15, -0.1) is 0 Å². The summed E-state index contributed by atoms with van der Waals surface area (Å²) in [5, 5.41) is 7.98. The van der Waals surface area contributed by atoms with E-state index in [0.717, 1.165) is 23.8 Å². The van der Waals surface area contributed by atoms with Crippen molar-refractivity contribution in [2.24, 2.45) is 16.9 Å². The van der Waals surface area contributed by atoms with Crippen LogP contribution >= 0.6 is 12.2 Å². The molecule has 2 aliphatic rings. The van der Waals surface area contributed by atoms with Crippen molar-refractivity contribution in [3.8, 4) is 5.75 Å². The summed E-state index contributed by atoms with van der Waals surface area (Å²) >= 11 is 5.24. The Morgan fingerprint density at radius 3 is 3.15 bits per heavy atom. The van der Waals surface area contributed by atoms with Gasteiger partial charge in [-0.1, -0.05) is 18.2 Å². The van der Waals surface area contributed by atoms with Gasteiger partial charge in [0.25, 0.3) is 0 Å². The molecule has 0 radical (unpaired) electrons. The van der Waals surface area contributed by atoms with Gasteiger partial charge >= 0.3 is 0 Å². The summed E-state index contributed by atoms with van der Waals surface area (Å²) in [5.74, 6) is 2.10. The third-order valence-electron chi connectivity index (χ3n) is 3.77. The molecule has 1 aromatic rings. The summed E-state index contributed by atoms with van der Waals surface area (Å²) in [6, 6.07) is 7.63. The average molecular weight is 287 g/mol. The van der Waals surface area contributed by atoms with Crippen LogP contribution in [0.1, 0.15) is 12.8 Å². The van der Waals surface area contributed by atoms with E-state index in [1.54, 1.807) is 7.11 Å². The second-order valence-corrected chi connectivity index (χ2v) is 5.46. The molecule has 2 unspecified atom stereocenters. The number of nitrogens with zero attached hydrogens (tertiary/aromatic N) is 1. The average Bonchev–Trinajstić information content (AvgIpc) is 2.81. The van der Waals surface area contributed by atoms with E-state index in [4.69, 9.17) is 17.0 Å². The molecule has 2 atom stereocenters. The van der Waals surface area contributed by atoms with Crippen LogP contribution in [0.25, 0.3) is 0 Å². The number of hydrazone groups is 1. The summed E-state index contributed by atoms with van der Waals surface area (Å²) in [6.07, 6.45) is 6.75. The highest BCUT2D eigenvalue weighted by Gasteiger charge is 2.37. The maximum absolute atomic E-state index is 5.24. The van der Waals surface area contributed by atoms with Crippen LogP contribution in [0.3, 0.4) is 0 Å². The topological polar surface area (TPSA) is 45.6 Å². The lowest BCUT2D eigenvalue weighted by molar-refractivity contribution is 0.415. The van der Waals surface area contributed by atoms with Gasteiger partial charge in [0.1, 0.15) is 5.75 Å². The molecule has 1 aromatic carbocycles. The number of hydrogen-bond acceptors (Lipinski definition) is 3. The fourth-order valence-electron chi connectivity index (χ4n) is 2.64. The zero-order valence-electron chi connectivity index (χ0n) is 11.3. The lowest BCUT2D eigenvalue weighted by atomic mass is 9.74. The van der Waals surface area contributed by atoms with Gasteiger partial charge in [-0.2, -0.15) is 5.10 Å². The van der Waals surface area contributed by atoms with Crippen molar-refractivity contribution in [2.45, 2.75) is 12.8 Å². The third kappa shape index (κ3) is 2.67. The molecular weight excluding hydrogens is 270 g/mol. The van der Waals surface area contributed by atoms with Crippen molar-refractivity contribution in [2.75, 3.05) is 12.4 Å². The molecule has 4 nitrogen and oxygen atoms in total. The fraction of sp³-hybridized carbons (Fsp3) is 0.333. The Balaban J connectivity index is 1.55. The number of ether oxygens (including phenoxy) is 1. The van der Waals surface area contributed by atoms with Crippen LogP contribution in [-0.4, -0.2) is 17.9 Å². The molecule has 5 heteroatoms. The van der Waals surface area contributed by atoms with Gasteiger partial charge in [-0.3, -0.25) is 5.43 Å². The fourth-order valence-corrected chi connectivity index (χ4v) is 2.81. The second kappa shape index (κ2) is 5.63. The third-order valence-corrected chi connectivity index (χ3v) is 3.97. The van der Waals surface area contributed by atoms with E-state index < -0.39 is 0 Å². The summed E-state index contributed by atoms with van der Waals surface area (Å²) in [6.45, 7) is 0. The van der Waals surface area contributed by atoms with Crippen molar-refractivity contribution in [3.05, 3.63) is 36.4 Å². The quantitative estimate of drug-likeness (QED) is 0.510. The minimum Gasteiger partial charge on any atom is -0.497 e. The first-order valence-corrected chi connectivity index (χ1v) is 7.11. The zero-order valence-corrected chi connectivity index (χ0v) is 12.1. The molecule has 0 saturated heterocycles.